The first-order chi connectivity index (χ1) is 13.7. The van der Waals surface area contributed by atoms with Crippen LogP contribution in [-0.2, 0) is 26.6 Å². The molecule has 0 atom stereocenters. The lowest BCUT2D eigenvalue weighted by atomic mass is 10.1. The summed E-state index contributed by atoms with van der Waals surface area (Å²) in [6.45, 7) is 4.22. The first-order valence-corrected chi connectivity index (χ1v) is 10.6. The third-order valence-electron chi connectivity index (χ3n) is 5.09. The molecule has 5 nitrogen and oxygen atoms in total. The topological polar surface area (TPSA) is 48.0 Å². The predicted octanol–water partition coefficient (Wildman–Crippen LogP) is 4.76. The summed E-state index contributed by atoms with van der Waals surface area (Å²) in [5, 5.41) is 0. The van der Waals surface area contributed by atoms with Gasteiger partial charge in [0.25, 0.3) is 11.7 Å². The number of anilines is 1. The SMILES string of the molecule is CCCCOc1ccccc1CN1C(=O)C2(OCCCO2)c2cc(Br)ccc21. The highest BCUT2D eigenvalue weighted by Gasteiger charge is 2.55. The Morgan fingerprint density at radius 3 is 2.75 bits per heavy atom. The van der Waals surface area contributed by atoms with Crippen molar-refractivity contribution in [1.82, 2.24) is 0 Å². The van der Waals surface area contributed by atoms with Gasteiger partial charge in [-0.2, -0.15) is 0 Å². The zero-order valence-electron chi connectivity index (χ0n) is 15.9. The van der Waals surface area contributed by atoms with Gasteiger partial charge >= 0.3 is 0 Å². The van der Waals surface area contributed by atoms with Crippen molar-refractivity contribution in [3.63, 3.8) is 0 Å². The molecule has 0 bridgehead atoms. The summed E-state index contributed by atoms with van der Waals surface area (Å²) in [6, 6.07) is 13.7. The highest BCUT2D eigenvalue weighted by Crippen LogP contribution is 2.47. The van der Waals surface area contributed by atoms with Crippen LogP contribution in [0.25, 0.3) is 0 Å². The number of rotatable bonds is 6. The molecule has 0 radical (unpaired) electrons. The molecule has 1 spiro atoms. The summed E-state index contributed by atoms with van der Waals surface area (Å²) in [6.07, 6.45) is 2.86. The fraction of sp³-hybridized carbons (Fsp3) is 0.409. The van der Waals surface area contributed by atoms with Crippen LogP contribution in [0.5, 0.6) is 5.75 Å². The van der Waals surface area contributed by atoms with E-state index in [0.29, 0.717) is 26.4 Å². The monoisotopic (exact) mass is 445 g/mol. The number of para-hydroxylation sites is 1. The molecule has 2 aromatic carbocycles. The third kappa shape index (κ3) is 3.45. The van der Waals surface area contributed by atoms with E-state index in [9.17, 15) is 4.79 Å². The Labute approximate surface area is 173 Å². The van der Waals surface area contributed by atoms with Gasteiger partial charge in [0.05, 0.1) is 32.1 Å². The maximum absolute atomic E-state index is 13.4. The van der Waals surface area contributed by atoms with Gasteiger partial charge in [0.15, 0.2) is 0 Å². The zero-order valence-corrected chi connectivity index (χ0v) is 17.5. The summed E-state index contributed by atoms with van der Waals surface area (Å²) < 4.78 is 18.7. The van der Waals surface area contributed by atoms with Crippen molar-refractivity contribution in [1.29, 1.82) is 0 Å². The number of amides is 1. The number of ether oxygens (including phenoxy) is 3. The fourth-order valence-electron chi connectivity index (χ4n) is 3.65. The van der Waals surface area contributed by atoms with E-state index in [0.717, 1.165) is 46.3 Å². The fourth-order valence-corrected chi connectivity index (χ4v) is 4.01. The highest BCUT2D eigenvalue weighted by molar-refractivity contribution is 9.10. The molecule has 0 aliphatic carbocycles. The maximum Gasteiger partial charge on any atom is 0.292 e. The Balaban J connectivity index is 1.67. The van der Waals surface area contributed by atoms with Crippen molar-refractivity contribution in [3.05, 3.63) is 58.1 Å². The Morgan fingerprint density at radius 2 is 1.96 bits per heavy atom. The molecule has 0 unspecified atom stereocenters. The standard InChI is InChI=1S/C22H24BrNO4/c1-2-3-11-26-20-8-5-4-7-16(20)15-24-19-10-9-17(23)14-18(19)22(21(24)25)27-12-6-13-28-22/h4-5,7-10,14H,2-3,6,11-13,15H2,1H3. The lowest BCUT2D eigenvalue weighted by molar-refractivity contribution is -0.256. The van der Waals surface area contributed by atoms with Crippen LogP contribution in [0.2, 0.25) is 0 Å². The Bertz CT molecular complexity index is 863. The number of carbonyl (C=O) groups excluding carboxylic acids is 1. The molecule has 0 saturated carbocycles. The van der Waals surface area contributed by atoms with Crippen molar-refractivity contribution in [2.75, 3.05) is 24.7 Å². The van der Waals surface area contributed by atoms with Crippen LogP contribution in [0.1, 0.15) is 37.3 Å². The summed E-state index contributed by atoms with van der Waals surface area (Å²) >= 11 is 3.51. The van der Waals surface area contributed by atoms with Crippen molar-refractivity contribution < 1.29 is 19.0 Å². The van der Waals surface area contributed by atoms with E-state index in [4.69, 9.17) is 14.2 Å². The van der Waals surface area contributed by atoms with Gasteiger partial charge in [0, 0.05) is 15.6 Å². The number of halogens is 1. The van der Waals surface area contributed by atoms with E-state index in [-0.39, 0.29) is 5.91 Å². The average Bonchev–Trinajstić information content (AvgIpc) is 2.92. The summed E-state index contributed by atoms with van der Waals surface area (Å²) in [7, 11) is 0. The summed E-state index contributed by atoms with van der Waals surface area (Å²) in [5.41, 5.74) is 2.54. The Kier molecular flexibility index (Phi) is 5.71. The summed E-state index contributed by atoms with van der Waals surface area (Å²) in [4.78, 5) is 15.2. The van der Waals surface area contributed by atoms with Crippen LogP contribution < -0.4 is 9.64 Å². The van der Waals surface area contributed by atoms with Crippen LogP contribution in [0.4, 0.5) is 5.69 Å². The van der Waals surface area contributed by atoms with E-state index < -0.39 is 5.79 Å². The van der Waals surface area contributed by atoms with E-state index in [2.05, 4.69) is 22.9 Å². The molecule has 2 aliphatic heterocycles. The Hall–Kier alpha value is -1.89. The van der Waals surface area contributed by atoms with E-state index in [1.54, 1.807) is 4.90 Å². The largest absolute Gasteiger partial charge is 0.493 e. The lowest BCUT2D eigenvalue weighted by Crippen LogP contribution is -2.47. The highest BCUT2D eigenvalue weighted by atomic mass is 79.9. The average molecular weight is 446 g/mol. The molecule has 2 heterocycles. The molecule has 2 aromatic rings. The predicted molar refractivity (Wildman–Crippen MR) is 110 cm³/mol. The van der Waals surface area contributed by atoms with E-state index in [1.807, 2.05) is 42.5 Å². The Morgan fingerprint density at radius 1 is 1.18 bits per heavy atom. The number of nitrogens with zero attached hydrogens (tertiary/aromatic N) is 1. The van der Waals surface area contributed by atoms with Crippen molar-refractivity contribution >= 4 is 27.5 Å². The van der Waals surface area contributed by atoms with Gasteiger partial charge in [-0.3, -0.25) is 4.79 Å². The van der Waals surface area contributed by atoms with Gasteiger partial charge in [-0.25, -0.2) is 0 Å². The summed E-state index contributed by atoms with van der Waals surface area (Å²) in [5.74, 6) is -0.701. The van der Waals surface area contributed by atoms with Crippen LogP contribution in [-0.4, -0.2) is 25.7 Å². The van der Waals surface area contributed by atoms with Crippen LogP contribution >= 0.6 is 15.9 Å². The molecule has 2 aliphatic rings. The zero-order chi connectivity index (χ0) is 19.6. The van der Waals surface area contributed by atoms with E-state index in [1.165, 1.54) is 0 Å². The van der Waals surface area contributed by atoms with Crippen LogP contribution in [0.15, 0.2) is 46.9 Å². The smallest absolute Gasteiger partial charge is 0.292 e. The molecule has 1 fully saturated rings. The molecule has 6 heteroatoms. The van der Waals surface area contributed by atoms with E-state index >= 15 is 0 Å². The van der Waals surface area contributed by atoms with Crippen LogP contribution in [0, 0.1) is 0 Å². The van der Waals surface area contributed by atoms with Gasteiger partial charge in [0.1, 0.15) is 5.75 Å². The van der Waals surface area contributed by atoms with Gasteiger partial charge in [-0.1, -0.05) is 47.5 Å². The lowest BCUT2D eigenvalue weighted by Gasteiger charge is -2.32. The normalized spacial score (nSPS) is 17.8. The quantitative estimate of drug-likeness (QED) is 0.601. The maximum atomic E-state index is 13.4. The van der Waals surface area contributed by atoms with Gasteiger partial charge in [-0.05, 0) is 37.1 Å². The van der Waals surface area contributed by atoms with Gasteiger partial charge in [-0.15, -0.1) is 0 Å². The molecule has 1 saturated heterocycles. The molecule has 4 rings (SSSR count). The molecule has 1 amide bonds. The van der Waals surface area contributed by atoms with Gasteiger partial charge < -0.3 is 19.1 Å². The number of unbranched alkanes of at least 4 members (excludes halogenated alkanes) is 1. The minimum atomic E-state index is -1.34. The number of fused-ring (bicyclic) bond motifs is 2. The number of benzene rings is 2. The minimum Gasteiger partial charge on any atom is -0.493 e. The van der Waals surface area contributed by atoms with Crippen molar-refractivity contribution in [2.24, 2.45) is 0 Å². The van der Waals surface area contributed by atoms with Crippen molar-refractivity contribution in [3.8, 4) is 5.75 Å². The first kappa shape index (κ1) is 19.4. The first-order valence-electron chi connectivity index (χ1n) is 9.76. The van der Waals surface area contributed by atoms with Gasteiger partial charge in [0.2, 0.25) is 0 Å². The number of hydrogen-bond acceptors (Lipinski definition) is 4. The second-order valence-corrected chi connectivity index (χ2v) is 7.95. The second-order valence-electron chi connectivity index (χ2n) is 7.03. The molecule has 0 N–H and O–H groups in total. The second kappa shape index (κ2) is 8.23. The van der Waals surface area contributed by atoms with Crippen LogP contribution in [0.3, 0.4) is 0 Å². The molecule has 28 heavy (non-hydrogen) atoms. The number of hydrogen-bond donors (Lipinski definition) is 0. The molecular weight excluding hydrogens is 422 g/mol. The molecular formula is C22H24BrNO4. The molecule has 0 aromatic heterocycles. The van der Waals surface area contributed by atoms with Crippen molar-refractivity contribution in [2.45, 2.75) is 38.5 Å². The third-order valence-corrected chi connectivity index (χ3v) is 5.58. The molecule has 148 valence electrons. The minimum absolute atomic E-state index is 0.177. The number of carbonyl (C=O) groups is 1.